The summed E-state index contributed by atoms with van der Waals surface area (Å²) in [5, 5.41) is 0. The van der Waals surface area contributed by atoms with E-state index in [1.165, 1.54) is 24.3 Å². The predicted molar refractivity (Wildman–Crippen MR) is 84.0 cm³/mol. The zero-order chi connectivity index (χ0) is 14.0. The quantitative estimate of drug-likeness (QED) is 0.908. The summed E-state index contributed by atoms with van der Waals surface area (Å²) in [4.78, 5) is 6.11. The van der Waals surface area contributed by atoms with E-state index in [-0.39, 0.29) is 12.1 Å². The van der Waals surface area contributed by atoms with Crippen LogP contribution in [0.2, 0.25) is 4.34 Å². The van der Waals surface area contributed by atoms with Gasteiger partial charge in [0.25, 0.3) is 0 Å². The van der Waals surface area contributed by atoms with Gasteiger partial charge >= 0.3 is 0 Å². The number of halogens is 1. The van der Waals surface area contributed by atoms with Crippen molar-refractivity contribution in [2.75, 3.05) is 27.2 Å². The predicted octanol–water partition coefficient (Wildman–Crippen LogP) is 2.82. The first-order valence-corrected chi connectivity index (χ1v) is 8.09. The summed E-state index contributed by atoms with van der Waals surface area (Å²) in [5.41, 5.74) is 6.20. The van der Waals surface area contributed by atoms with Gasteiger partial charge in [-0.3, -0.25) is 4.90 Å². The van der Waals surface area contributed by atoms with Gasteiger partial charge in [0.05, 0.1) is 10.4 Å². The molecule has 0 radical (unpaired) electrons. The van der Waals surface area contributed by atoms with E-state index in [2.05, 4.69) is 36.9 Å². The molecule has 3 unspecified atom stereocenters. The van der Waals surface area contributed by atoms with Crippen LogP contribution in [0.25, 0.3) is 0 Å². The highest BCUT2D eigenvalue weighted by atomic mass is 35.5. The number of nitrogens with zero attached hydrogens (tertiary/aromatic N) is 2. The number of likely N-dealkylation sites (tertiary alicyclic amines) is 1. The van der Waals surface area contributed by atoms with Crippen LogP contribution in [0.15, 0.2) is 12.1 Å². The van der Waals surface area contributed by atoms with Crippen molar-refractivity contribution in [1.29, 1.82) is 0 Å². The van der Waals surface area contributed by atoms with Crippen LogP contribution in [-0.4, -0.2) is 49.1 Å². The third kappa shape index (κ3) is 3.70. The van der Waals surface area contributed by atoms with Gasteiger partial charge < -0.3 is 10.6 Å². The minimum Gasteiger partial charge on any atom is -0.326 e. The normalized spacial score (nSPS) is 24.0. The van der Waals surface area contributed by atoms with E-state index < -0.39 is 0 Å². The lowest BCUT2D eigenvalue weighted by Gasteiger charge is -2.34. The van der Waals surface area contributed by atoms with Crippen molar-refractivity contribution in [3.05, 3.63) is 21.3 Å². The van der Waals surface area contributed by atoms with E-state index >= 15 is 0 Å². The van der Waals surface area contributed by atoms with E-state index in [1.54, 1.807) is 11.3 Å². The second kappa shape index (κ2) is 6.55. The Morgan fingerprint density at radius 1 is 1.58 bits per heavy atom. The van der Waals surface area contributed by atoms with Crippen molar-refractivity contribution in [3.63, 3.8) is 0 Å². The molecule has 0 aliphatic carbocycles. The fraction of sp³-hybridized carbons (Fsp3) is 0.714. The first kappa shape index (κ1) is 15.3. The standard InChI is InChI=1S/C14H24ClN3S/c1-10(16)14(12-6-7-13(15)19-12)18(3)9-11-5-4-8-17(11)2/h6-7,10-11,14H,4-5,8-9,16H2,1-3H3. The molecule has 0 aromatic carbocycles. The fourth-order valence-corrected chi connectivity index (χ4v) is 4.36. The Balaban J connectivity index is 2.06. The molecule has 108 valence electrons. The third-order valence-corrected chi connectivity index (χ3v) is 5.33. The summed E-state index contributed by atoms with van der Waals surface area (Å²) in [6, 6.07) is 5.09. The van der Waals surface area contributed by atoms with E-state index in [0.717, 1.165) is 10.9 Å². The van der Waals surface area contributed by atoms with Gasteiger partial charge in [-0.05, 0) is 52.5 Å². The topological polar surface area (TPSA) is 32.5 Å². The third-order valence-electron chi connectivity index (χ3n) is 4.03. The van der Waals surface area contributed by atoms with Crippen LogP contribution >= 0.6 is 22.9 Å². The Bertz CT molecular complexity index is 407. The molecule has 0 saturated carbocycles. The molecular formula is C14H24ClN3S. The van der Waals surface area contributed by atoms with Crippen molar-refractivity contribution < 1.29 is 0 Å². The van der Waals surface area contributed by atoms with Crippen LogP contribution < -0.4 is 5.73 Å². The van der Waals surface area contributed by atoms with Crippen LogP contribution in [0.4, 0.5) is 0 Å². The van der Waals surface area contributed by atoms with Crippen LogP contribution in [0, 0.1) is 0 Å². The zero-order valence-electron chi connectivity index (χ0n) is 12.0. The largest absolute Gasteiger partial charge is 0.326 e. The highest BCUT2D eigenvalue weighted by molar-refractivity contribution is 7.16. The van der Waals surface area contributed by atoms with Crippen molar-refractivity contribution in [2.45, 2.75) is 37.9 Å². The zero-order valence-corrected chi connectivity index (χ0v) is 13.5. The van der Waals surface area contributed by atoms with Crippen LogP contribution in [0.3, 0.4) is 0 Å². The number of hydrogen-bond acceptors (Lipinski definition) is 4. The Kier molecular flexibility index (Phi) is 5.26. The monoisotopic (exact) mass is 301 g/mol. The first-order valence-electron chi connectivity index (χ1n) is 6.90. The van der Waals surface area contributed by atoms with Gasteiger partial charge in [0, 0.05) is 23.5 Å². The van der Waals surface area contributed by atoms with Crippen LogP contribution in [0.1, 0.15) is 30.7 Å². The van der Waals surface area contributed by atoms with Crippen molar-refractivity contribution in [2.24, 2.45) is 5.73 Å². The van der Waals surface area contributed by atoms with Gasteiger partial charge in [-0.15, -0.1) is 11.3 Å². The Morgan fingerprint density at radius 3 is 2.79 bits per heavy atom. The highest BCUT2D eigenvalue weighted by Crippen LogP contribution is 2.32. The second-order valence-corrected chi connectivity index (χ2v) is 7.41. The lowest BCUT2D eigenvalue weighted by molar-refractivity contribution is 0.165. The van der Waals surface area contributed by atoms with E-state index in [9.17, 15) is 0 Å². The van der Waals surface area contributed by atoms with Gasteiger partial charge in [-0.25, -0.2) is 0 Å². The van der Waals surface area contributed by atoms with E-state index in [4.69, 9.17) is 17.3 Å². The number of hydrogen-bond donors (Lipinski definition) is 1. The number of likely N-dealkylation sites (N-methyl/N-ethyl adjacent to an activating group) is 2. The van der Waals surface area contributed by atoms with Crippen molar-refractivity contribution >= 4 is 22.9 Å². The maximum atomic E-state index is 6.20. The molecule has 3 atom stereocenters. The second-order valence-electron chi connectivity index (χ2n) is 5.66. The summed E-state index contributed by atoms with van der Waals surface area (Å²) in [6.45, 7) is 4.36. The molecule has 1 fully saturated rings. The molecule has 19 heavy (non-hydrogen) atoms. The maximum Gasteiger partial charge on any atom is 0.0931 e. The van der Waals surface area contributed by atoms with Crippen LogP contribution in [-0.2, 0) is 0 Å². The molecule has 1 saturated heterocycles. The average molecular weight is 302 g/mol. The molecule has 3 nitrogen and oxygen atoms in total. The van der Waals surface area contributed by atoms with Crippen LogP contribution in [0.5, 0.6) is 0 Å². The Labute approximate surface area is 125 Å². The molecule has 1 aromatic heterocycles. The minimum absolute atomic E-state index is 0.103. The highest BCUT2D eigenvalue weighted by Gasteiger charge is 2.28. The molecule has 1 aromatic rings. The fourth-order valence-electron chi connectivity index (χ4n) is 3.02. The van der Waals surface area contributed by atoms with Gasteiger partial charge in [0.2, 0.25) is 0 Å². The van der Waals surface area contributed by atoms with Gasteiger partial charge in [-0.1, -0.05) is 11.6 Å². The molecule has 1 aliphatic rings. The molecule has 2 rings (SSSR count). The van der Waals surface area contributed by atoms with Gasteiger partial charge in [0.15, 0.2) is 0 Å². The SMILES string of the molecule is CC(N)C(c1ccc(Cl)s1)N(C)CC1CCCN1C. The van der Waals surface area contributed by atoms with E-state index in [0.29, 0.717) is 6.04 Å². The first-order chi connectivity index (χ1) is 8.99. The molecule has 0 bridgehead atoms. The van der Waals surface area contributed by atoms with Gasteiger partial charge in [0.1, 0.15) is 0 Å². The molecule has 5 heteroatoms. The molecular weight excluding hydrogens is 278 g/mol. The smallest absolute Gasteiger partial charge is 0.0931 e. The molecule has 2 heterocycles. The molecule has 0 amide bonds. The molecule has 2 N–H and O–H groups in total. The number of thiophene rings is 1. The van der Waals surface area contributed by atoms with Gasteiger partial charge in [-0.2, -0.15) is 0 Å². The minimum atomic E-state index is 0.103. The van der Waals surface area contributed by atoms with Crippen molar-refractivity contribution in [1.82, 2.24) is 9.80 Å². The molecule has 1 aliphatic heterocycles. The summed E-state index contributed by atoms with van der Waals surface area (Å²) in [6.07, 6.45) is 2.60. The Hall–Kier alpha value is -0.130. The average Bonchev–Trinajstić information content (AvgIpc) is 2.89. The van der Waals surface area contributed by atoms with Crippen molar-refractivity contribution in [3.8, 4) is 0 Å². The summed E-state index contributed by atoms with van der Waals surface area (Å²) in [7, 11) is 4.39. The molecule has 0 spiro atoms. The number of rotatable bonds is 5. The summed E-state index contributed by atoms with van der Waals surface area (Å²) >= 11 is 7.70. The lowest BCUT2D eigenvalue weighted by Crippen LogP contribution is -2.43. The summed E-state index contributed by atoms with van der Waals surface area (Å²) < 4.78 is 0.840. The summed E-state index contributed by atoms with van der Waals surface area (Å²) in [5.74, 6) is 0. The Morgan fingerprint density at radius 2 is 2.32 bits per heavy atom. The maximum absolute atomic E-state index is 6.20. The lowest BCUT2D eigenvalue weighted by atomic mass is 10.1. The van der Waals surface area contributed by atoms with E-state index in [1.807, 2.05) is 6.07 Å². The number of nitrogens with two attached hydrogens (primary N) is 1.